The highest BCUT2D eigenvalue weighted by molar-refractivity contribution is 6.47. The minimum Gasteiger partial charge on any atom is -0.406 e. The van der Waals surface area contributed by atoms with Crippen molar-refractivity contribution in [2.75, 3.05) is 6.54 Å². The van der Waals surface area contributed by atoms with Gasteiger partial charge in [-0.2, -0.15) is 0 Å². The highest BCUT2D eigenvalue weighted by Gasteiger charge is 2.68. The van der Waals surface area contributed by atoms with Crippen molar-refractivity contribution >= 4 is 13.0 Å². The highest BCUT2D eigenvalue weighted by atomic mass is 19.4. The first kappa shape index (κ1) is 24.4. The molecular formula is C23H32BF3N2O4. The van der Waals surface area contributed by atoms with Gasteiger partial charge in [0.05, 0.1) is 17.7 Å². The van der Waals surface area contributed by atoms with Gasteiger partial charge in [-0.1, -0.05) is 26.0 Å². The maximum Gasteiger partial charge on any atom is 0.573 e. The van der Waals surface area contributed by atoms with E-state index in [1.165, 1.54) is 12.1 Å². The van der Waals surface area contributed by atoms with Gasteiger partial charge in [0.25, 0.3) is 0 Å². The molecule has 10 heteroatoms. The van der Waals surface area contributed by atoms with Gasteiger partial charge < -0.3 is 25.1 Å². The maximum atomic E-state index is 12.5. The molecule has 6 nitrogen and oxygen atoms in total. The molecule has 3 aliphatic carbocycles. The Morgan fingerprint density at radius 3 is 2.52 bits per heavy atom. The van der Waals surface area contributed by atoms with Gasteiger partial charge in [-0.15, -0.1) is 13.2 Å². The molecule has 0 aromatic heterocycles. The van der Waals surface area contributed by atoms with E-state index in [9.17, 15) is 18.0 Å². The molecule has 0 spiro atoms. The predicted molar refractivity (Wildman–Crippen MR) is 117 cm³/mol. The quantitative estimate of drug-likeness (QED) is 0.597. The molecule has 1 saturated heterocycles. The molecule has 1 aromatic carbocycles. The lowest BCUT2D eigenvalue weighted by Crippen LogP contribution is -2.65. The molecule has 1 heterocycles. The summed E-state index contributed by atoms with van der Waals surface area (Å²) in [5.74, 6) is 0.225. The van der Waals surface area contributed by atoms with E-state index in [2.05, 4.69) is 30.8 Å². The number of ether oxygens (including phenoxy) is 1. The molecule has 4 aliphatic rings. The van der Waals surface area contributed by atoms with Crippen LogP contribution < -0.4 is 15.8 Å². The van der Waals surface area contributed by atoms with Crippen LogP contribution in [0, 0.1) is 17.3 Å². The van der Waals surface area contributed by atoms with E-state index in [1.54, 1.807) is 19.1 Å². The van der Waals surface area contributed by atoms with Crippen LogP contribution in [0.25, 0.3) is 0 Å². The lowest BCUT2D eigenvalue weighted by Gasteiger charge is -2.64. The van der Waals surface area contributed by atoms with Crippen molar-refractivity contribution in [2.24, 2.45) is 23.0 Å². The first-order valence-corrected chi connectivity index (χ1v) is 11.5. The normalized spacial score (nSPS) is 31.9. The molecule has 1 aromatic rings. The summed E-state index contributed by atoms with van der Waals surface area (Å²) in [6.45, 7) is 8.59. The van der Waals surface area contributed by atoms with E-state index >= 15 is 0 Å². The monoisotopic (exact) mass is 468 g/mol. The van der Waals surface area contributed by atoms with E-state index in [4.69, 9.17) is 15.0 Å². The number of carbonyl (C=O) groups is 1. The van der Waals surface area contributed by atoms with Crippen LogP contribution in [0.4, 0.5) is 13.2 Å². The fourth-order valence-electron chi connectivity index (χ4n) is 5.89. The van der Waals surface area contributed by atoms with Crippen LogP contribution in [0.3, 0.4) is 0 Å². The summed E-state index contributed by atoms with van der Waals surface area (Å²) in [5, 5.41) is 2.86. The smallest absolute Gasteiger partial charge is 0.406 e. The Kier molecular flexibility index (Phi) is 6.25. The summed E-state index contributed by atoms with van der Waals surface area (Å²) in [7, 11) is -0.533. The van der Waals surface area contributed by atoms with Crippen molar-refractivity contribution < 1.29 is 32.0 Å². The second-order valence-corrected chi connectivity index (χ2v) is 10.5. The molecule has 2 bridgehead atoms. The van der Waals surface area contributed by atoms with Gasteiger partial charge in [0.15, 0.2) is 0 Å². The number of hydrogen-bond acceptors (Lipinski definition) is 5. The van der Waals surface area contributed by atoms with Gasteiger partial charge in [-0.05, 0) is 68.1 Å². The Morgan fingerprint density at radius 1 is 1.27 bits per heavy atom. The predicted octanol–water partition coefficient (Wildman–Crippen LogP) is 3.69. The Hall–Kier alpha value is -1.78. The van der Waals surface area contributed by atoms with Crippen molar-refractivity contribution in [3.8, 4) is 5.75 Å². The number of benzene rings is 1. The van der Waals surface area contributed by atoms with Gasteiger partial charge in [-0.25, -0.2) is 0 Å². The van der Waals surface area contributed by atoms with Crippen molar-refractivity contribution in [3.63, 3.8) is 0 Å². The molecule has 33 heavy (non-hydrogen) atoms. The third kappa shape index (κ3) is 4.75. The first-order chi connectivity index (χ1) is 15.3. The zero-order chi connectivity index (χ0) is 24.2. The molecule has 4 fully saturated rings. The third-order valence-corrected chi connectivity index (χ3v) is 7.96. The number of hydrogen-bond donors (Lipinski definition) is 2. The van der Waals surface area contributed by atoms with E-state index in [0.717, 1.165) is 18.4 Å². The van der Waals surface area contributed by atoms with E-state index in [0.29, 0.717) is 18.3 Å². The van der Waals surface area contributed by atoms with E-state index in [1.807, 2.05) is 0 Å². The Labute approximate surface area is 192 Å². The van der Waals surface area contributed by atoms with Gasteiger partial charge >= 0.3 is 13.5 Å². The van der Waals surface area contributed by atoms with Crippen molar-refractivity contribution in [1.82, 2.24) is 5.32 Å². The van der Waals surface area contributed by atoms with Gasteiger partial charge in [0, 0.05) is 12.4 Å². The van der Waals surface area contributed by atoms with Crippen LogP contribution in [-0.2, 0) is 20.5 Å². The standard InChI is InChI=1S/C23H32BF3N2O4/c1-13(28)20(30)29-12-16(9-14-5-7-17(8-6-14)31-23(25,26)27)24-32-19-11-15-10-18(21(15,2)3)22(19,4)33-24/h5-8,13,15-16,18-19H,9-12,28H2,1-4H3,(H,29,30). The number of rotatable bonds is 7. The van der Waals surface area contributed by atoms with Crippen molar-refractivity contribution in [3.05, 3.63) is 29.8 Å². The van der Waals surface area contributed by atoms with Crippen LogP contribution >= 0.6 is 0 Å². The van der Waals surface area contributed by atoms with E-state index < -0.39 is 25.1 Å². The number of halogens is 3. The average molecular weight is 468 g/mol. The Morgan fingerprint density at radius 2 is 1.94 bits per heavy atom. The summed E-state index contributed by atoms with van der Waals surface area (Å²) in [6, 6.07) is 5.10. The third-order valence-electron chi connectivity index (χ3n) is 7.96. The summed E-state index contributed by atoms with van der Waals surface area (Å²) in [4.78, 5) is 12.1. The summed E-state index contributed by atoms with van der Waals surface area (Å²) >= 11 is 0. The lowest BCUT2D eigenvalue weighted by molar-refractivity contribution is -0.274. The second-order valence-electron chi connectivity index (χ2n) is 10.5. The van der Waals surface area contributed by atoms with Gasteiger partial charge in [-0.3, -0.25) is 4.79 Å². The number of amides is 1. The number of alkyl halides is 3. The first-order valence-electron chi connectivity index (χ1n) is 11.5. The average Bonchev–Trinajstić information content (AvgIpc) is 3.07. The van der Waals surface area contributed by atoms with Crippen LogP contribution in [0.2, 0.25) is 5.82 Å². The zero-order valence-corrected chi connectivity index (χ0v) is 19.4. The molecule has 182 valence electrons. The number of nitrogens with one attached hydrogen (secondary N) is 1. The summed E-state index contributed by atoms with van der Waals surface area (Å²) in [5.41, 5.74) is 6.29. The molecule has 6 atom stereocenters. The topological polar surface area (TPSA) is 82.8 Å². The minimum absolute atomic E-state index is 0.00605. The Bertz CT molecular complexity index is 879. The zero-order valence-electron chi connectivity index (χ0n) is 19.4. The van der Waals surface area contributed by atoms with Gasteiger partial charge in [0.1, 0.15) is 5.75 Å². The van der Waals surface area contributed by atoms with Crippen LogP contribution in [0.5, 0.6) is 5.75 Å². The SMILES string of the molecule is CC(N)C(=O)NCC(Cc1ccc(OC(F)(F)F)cc1)B1OC2CC3CC(C3(C)C)C2(C)O1. The fourth-order valence-corrected chi connectivity index (χ4v) is 5.89. The molecule has 0 radical (unpaired) electrons. The molecule has 1 aliphatic heterocycles. The van der Waals surface area contributed by atoms with Crippen LogP contribution in [0.15, 0.2) is 24.3 Å². The molecular weight excluding hydrogens is 436 g/mol. The number of carbonyl (C=O) groups excluding carboxylic acids is 1. The molecule has 5 rings (SSSR count). The molecule has 3 N–H and O–H groups in total. The molecule has 6 unspecified atom stereocenters. The maximum absolute atomic E-state index is 12.5. The van der Waals surface area contributed by atoms with Crippen LogP contribution in [0.1, 0.15) is 46.1 Å². The van der Waals surface area contributed by atoms with E-state index in [-0.39, 0.29) is 35.5 Å². The minimum atomic E-state index is -4.74. The fraction of sp³-hybridized carbons (Fsp3) is 0.696. The van der Waals surface area contributed by atoms with Gasteiger partial charge in [0.2, 0.25) is 5.91 Å². The lowest BCUT2D eigenvalue weighted by atomic mass is 9.43. The summed E-state index contributed by atoms with van der Waals surface area (Å²) in [6.07, 6.45) is -2.22. The molecule has 3 saturated carbocycles. The summed E-state index contributed by atoms with van der Waals surface area (Å²) < 4.78 is 54.3. The highest BCUT2D eigenvalue weighted by Crippen LogP contribution is 2.66. The Balaban J connectivity index is 1.49. The second kappa shape index (κ2) is 8.46. The van der Waals surface area contributed by atoms with Crippen LogP contribution in [-0.4, -0.2) is 43.7 Å². The van der Waals surface area contributed by atoms with Crippen molar-refractivity contribution in [2.45, 2.75) is 76.9 Å². The largest absolute Gasteiger partial charge is 0.573 e. The molecule has 1 amide bonds. The van der Waals surface area contributed by atoms with Crippen molar-refractivity contribution in [1.29, 1.82) is 0 Å². The number of nitrogens with two attached hydrogens (primary N) is 1.